The zero-order valence-corrected chi connectivity index (χ0v) is 21.2. The van der Waals surface area contributed by atoms with Gasteiger partial charge >= 0.3 is 0 Å². The topological polar surface area (TPSA) is 125 Å². The van der Waals surface area contributed by atoms with Crippen molar-refractivity contribution >= 4 is 17.5 Å². The number of nitrogens with one attached hydrogen (secondary N) is 2. The third-order valence-electron chi connectivity index (χ3n) is 5.14. The Hall–Kier alpha value is -3.08. The summed E-state index contributed by atoms with van der Waals surface area (Å²) < 4.78 is 29.3. The van der Waals surface area contributed by atoms with E-state index in [-0.39, 0.29) is 29.3 Å². The fourth-order valence-electron chi connectivity index (χ4n) is 3.30. The van der Waals surface area contributed by atoms with Crippen molar-refractivity contribution in [2.45, 2.75) is 58.3 Å². The number of carbonyl (C=O) groups is 2. The summed E-state index contributed by atoms with van der Waals surface area (Å²) in [5, 5.41) is 6.00. The number of nitrogens with two attached hydrogens (primary N) is 1. The minimum absolute atomic E-state index is 0.111. The molecule has 1 fully saturated rings. The van der Waals surface area contributed by atoms with Gasteiger partial charge in [0.25, 0.3) is 11.8 Å². The summed E-state index contributed by atoms with van der Waals surface area (Å²) in [6.45, 7) is 8.66. The number of carbonyl (C=O) groups excluding carboxylic acids is 2. The summed E-state index contributed by atoms with van der Waals surface area (Å²) in [4.78, 5) is 26.6. The van der Waals surface area contributed by atoms with Gasteiger partial charge in [0, 0.05) is 24.5 Å². The summed E-state index contributed by atoms with van der Waals surface area (Å²) in [5.74, 6) is -0.890. The summed E-state index contributed by atoms with van der Waals surface area (Å²) in [7, 11) is 0. The first-order valence-electron chi connectivity index (χ1n) is 12.2. The van der Waals surface area contributed by atoms with Crippen LogP contribution in [-0.4, -0.2) is 61.4 Å². The number of para-hydroxylation sites is 1. The van der Waals surface area contributed by atoms with Crippen molar-refractivity contribution < 1.29 is 28.2 Å². The molecule has 0 bridgehead atoms. The van der Waals surface area contributed by atoms with Gasteiger partial charge in [-0.2, -0.15) is 0 Å². The second-order valence-corrected chi connectivity index (χ2v) is 8.65. The molecule has 3 rings (SSSR count). The number of hydrogen-bond acceptors (Lipinski definition) is 7. The minimum atomic E-state index is -0.628. The first-order chi connectivity index (χ1) is 17.3. The molecule has 1 saturated heterocycles. The lowest BCUT2D eigenvalue weighted by molar-refractivity contribution is -0.126. The molecule has 4 N–H and O–H groups in total. The minimum Gasteiger partial charge on any atom is -0.488 e. The van der Waals surface area contributed by atoms with Crippen molar-refractivity contribution in [2.75, 3.05) is 31.7 Å². The van der Waals surface area contributed by atoms with Gasteiger partial charge in [-0.05, 0) is 57.0 Å². The second kappa shape index (κ2) is 15.8. The number of rotatable bonds is 12. The maximum atomic E-state index is 13.2. The van der Waals surface area contributed by atoms with Crippen LogP contribution in [0.2, 0.25) is 0 Å². The summed E-state index contributed by atoms with van der Waals surface area (Å²) in [6, 6.07) is 9.93. The lowest BCUT2D eigenvalue weighted by Gasteiger charge is -2.11. The number of halogens is 1. The number of nitrogens with zero attached hydrogens (tertiary/aromatic N) is 1. The highest BCUT2D eigenvalue weighted by Gasteiger charge is 2.28. The Morgan fingerprint density at radius 2 is 1.97 bits per heavy atom. The molecule has 0 spiro atoms. The standard InChI is InChI=1S/C14H22FNO2.C12H15N3O3/c1-12(2)16-8-5-9-17-10-11-18-14-7-4-3-6-13(14)15;1-7-2-3-10(18-7)12(17)15-8-4-5-14-9(6-8)11(13)16/h3-4,6-7,12,16H,5,8-11H2,1-2H3;4-7,10H,2-3H2,1H3,(H2,13,16)(H,14,15,17). The van der Waals surface area contributed by atoms with Crippen molar-refractivity contribution in [1.29, 1.82) is 0 Å². The number of amides is 2. The van der Waals surface area contributed by atoms with Gasteiger partial charge < -0.3 is 30.6 Å². The largest absolute Gasteiger partial charge is 0.488 e. The number of benzene rings is 1. The Kier molecular flexibility index (Phi) is 12.8. The molecular weight excluding hydrogens is 467 g/mol. The van der Waals surface area contributed by atoms with Crippen molar-refractivity contribution in [2.24, 2.45) is 5.73 Å². The van der Waals surface area contributed by atoms with E-state index in [1.54, 1.807) is 24.3 Å². The van der Waals surface area contributed by atoms with Crippen LogP contribution < -0.4 is 21.1 Å². The fourth-order valence-corrected chi connectivity index (χ4v) is 3.30. The van der Waals surface area contributed by atoms with Gasteiger partial charge in [0.15, 0.2) is 11.6 Å². The monoisotopic (exact) mass is 504 g/mol. The van der Waals surface area contributed by atoms with Gasteiger partial charge in [-0.3, -0.25) is 14.6 Å². The summed E-state index contributed by atoms with van der Waals surface area (Å²) in [5.41, 5.74) is 5.73. The normalized spacial score (nSPS) is 16.8. The average molecular weight is 505 g/mol. The quantitative estimate of drug-likeness (QED) is 0.379. The molecule has 198 valence electrons. The SMILES string of the molecule is CC(C)NCCCOCCOc1ccccc1F.CC1CCC(C(=O)Nc2ccnc(C(N)=O)c2)O1. The van der Waals surface area contributed by atoms with E-state index >= 15 is 0 Å². The molecule has 1 aromatic heterocycles. The zero-order chi connectivity index (χ0) is 26.3. The van der Waals surface area contributed by atoms with Crippen LogP contribution >= 0.6 is 0 Å². The van der Waals surface area contributed by atoms with E-state index in [2.05, 4.69) is 29.5 Å². The van der Waals surface area contributed by atoms with Crippen LogP contribution in [0.3, 0.4) is 0 Å². The van der Waals surface area contributed by atoms with E-state index in [9.17, 15) is 14.0 Å². The molecule has 36 heavy (non-hydrogen) atoms. The van der Waals surface area contributed by atoms with Gasteiger partial charge in [0.05, 0.1) is 12.7 Å². The van der Waals surface area contributed by atoms with Crippen LogP contribution in [0.15, 0.2) is 42.6 Å². The number of aromatic nitrogens is 1. The number of pyridine rings is 1. The highest BCUT2D eigenvalue weighted by molar-refractivity contribution is 5.96. The molecule has 2 aromatic rings. The molecule has 0 saturated carbocycles. The average Bonchev–Trinajstić information content (AvgIpc) is 3.29. The molecule has 2 heterocycles. The van der Waals surface area contributed by atoms with Gasteiger partial charge in [0.2, 0.25) is 0 Å². The Morgan fingerprint density at radius 3 is 2.64 bits per heavy atom. The van der Waals surface area contributed by atoms with E-state index in [0.717, 1.165) is 19.4 Å². The van der Waals surface area contributed by atoms with E-state index in [0.29, 0.717) is 38.0 Å². The van der Waals surface area contributed by atoms with Gasteiger partial charge in [0.1, 0.15) is 18.4 Å². The molecule has 0 aliphatic carbocycles. The van der Waals surface area contributed by atoms with Crippen molar-refractivity contribution in [3.63, 3.8) is 0 Å². The van der Waals surface area contributed by atoms with Gasteiger partial charge in [-0.15, -0.1) is 0 Å². The van der Waals surface area contributed by atoms with Crippen molar-refractivity contribution in [1.82, 2.24) is 10.3 Å². The van der Waals surface area contributed by atoms with Crippen LogP contribution in [-0.2, 0) is 14.3 Å². The Bertz CT molecular complexity index is 959. The summed E-state index contributed by atoms with van der Waals surface area (Å²) in [6.07, 6.45) is 3.66. The molecule has 2 atom stereocenters. The Morgan fingerprint density at radius 1 is 1.19 bits per heavy atom. The Labute approximate surface area is 211 Å². The third kappa shape index (κ3) is 11.1. The van der Waals surface area contributed by atoms with Crippen LogP contribution in [0.5, 0.6) is 5.75 Å². The van der Waals surface area contributed by atoms with E-state index in [1.807, 2.05) is 6.92 Å². The molecule has 10 heteroatoms. The Balaban J connectivity index is 0.000000254. The lowest BCUT2D eigenvalue weighted by Crippen LogP contribution is -2.28. The maximum Gasteiger partial charge on any atom is 0.267 e. The predicted octanol–water partition coefficient (Wildman–Crippen LogP) is 3.30. The van der Waals surface area contributed by atoms with Crippen LogP contribution in [0.1, 0.15) is 50.5 Å². The smallest absolute Gasteiger partial charge is 0.267 e. The molecule has 1 aliphatic heterocycles. The molecule has 0 radical (unpaired) electrons. The first-order valence-corrected chi connectivity index (χ1v) is 12.2. The van der Waals surface area contributed by atoms with E-state index in [1.165, 1.54) is 18.3 Å². The number of hydrogen-bond donors (Lipinski definition) is 3. The molecule has 1 aromatic carbocycles. The summed E-state index contributed by atoms with van der Waals surface area (Å²) >= 11 is 0. The second-order valence-electron chi connectivity index (χ2n) is 8.65. The van der Waals surface area contributed by atoms with Crippen molar-refractivity contribution in [3.05, 3.63) is 54.1 Å². The van der Waals surface area contributed by atoms with E-state index in [4.69, 9.17) is 19.9 Å². The van der Waals surface area contributed by atoms with Gasteiger partial charge in [-0.1, -0.05) is 26.0 Å². The van der Waals surface area contributed by atoms with Crippen LogP contribution in [0.25, 0.3) is 0 Å². The molecule has 2 amide bonds. The number of primary amides is 1. The molecule has 9 nitrogen and oxygen atoms in total. The maximum absolute atomic E-state index is 13.2. The lowest BCUT2D eigenvalue weighted by atomic mass is 10.2. The van der Waals surface area contributed by atoms with Gasteiger partial charge in [-0.25, -0.2) is 4.39 Å². The molecule has 2 unspecified atom stereocenters. The molecule has 1 aliphatic rings. The fraction of sp³-hybridized carbons (Fsp3) is 0.500. The van der Waals surface area contributed by atoms with Crippen molar-refractivity contribution in [3.8, 4) is 5.75 Å². The van der Waals surface area contributed by atoms with E-state index < -0.39 is 12.0 Å². The third-order valence-corrected chi connectivity index (χ3v) is 5.14. The predicted molar refractivity (Wildman–Crippen MR) is 135 cm³/mol. The highest BCUT2D eigenvalue weighted by atomic mass is 19.1. The van der Waals surface area contributed by atoms with Crippen LogP contribution in [0, 0.1) is 5.82 Å². The highest BCUT2D eigenvalue weighted by Crippen LogP contribution is 2.20. The molecular formula is C26H37FN4O5. The number of ether oxygens (including phenoxy) is 3. The first kappa shape index (κ1) is 29.2. The van der Waals surface area contributed by atoms with Crippen LogP contribution in [0.4, 0.5) is 10.1 Å². The zero-order valence-electron chi connectivity index (χ0n) is 21.2. The number of anilines is 1.